The molecule has 4 rings (SSSR count). The average Bonchev–Trinajstić information content (AvgIpc) is 2.82. The van der Waals surface area contributed by atoms with E-state index in [0.717, 1.165) is 23.0 Å². The molecule has 0 radical (unpaired) electrons. The van der Waals surface area contributed by atoms with E-state index in [9.17, 15) is 14.3 Å². The molecule has 9 nitrogen and oxygen atoms in total. The molecule has 3 aromatic rings. The molecule has 0 bridgehead atoms. The van der Waals surface area contributed by atoms with Crippen molar-refractivity contribution in [2.75, 3.05) is 0 Å². The number of halogens is 2. The number of allylic oxidation sites excluding steroid dienone is 1. The van der Waals surface area contributed by atoms with E-state index >= 15 is 0 Å². The molecule has 0 saturated carbocycles. The van der Waals surface area contributed by atoms with Gasteiger partial charge in [0.05, 0.1) is 24.0 Å². The van der Waals surface area contributed by atoms with Crippen molar-refractivity contribution < 1.29 is 14.2 Å². The lowest BCUT2D eigenvalue weighted by Crippen LogP contribution is -2.35. The van der Waals surface area contributed by atoms with Crippen molar-refractivity contribution in [3.05, 3.63) is 86.2 Å². The predicted molar refractivity (Wildman–Crippen MR) is 132 cm³/mol. The summed E-state index contributed by atoms with van der Waals surface area (Å²) in [6.45, 7) is 8.72. The maximum atomic E-state index is 13.9. The van der Waals surface area contributed by atoms with Gasteiger partial charge in [-0.2, -0.15) is 0 Å². The Labute approximate surface area is 213 Å². The van der Waals surface area contributed by atoms with Crippen LogP contribution < -0.4 is 15.6 Å². The minimum absolute atomic E-state index is 0.0634. The molecule has 2 N–H and O–H groups in total. The van der Waals surface area contributed by atoms with Gasteiger partial charge in [0, 0.05) is 18.0 Å². The van der Waals surface area contributed by atoms with Gasteiger partial charge < -0.3 is 19.7 Å². The Kier molecular flexibility index (Phi) is 7.10. The third kappa shape index (κ3) is 5.10. The normalized spacial score (nSPS) is 17.9. The van der Waals surface area contributed by atoms with Crippen LogP contribution in [0.3, 0.4) is 0 Å². The minimum atomic E-state index is -1.19. The zero-order valence-electron chi connectivity index (χ0n) is 20.7. The molecule has 0 aliphatic carbocycles. The van der Waals surface area contributed by atoms with Crippen LogP contribution in [0.2, 0.25) is 5.02 Å². The van der Waals surface area contributed by atoms with Crippen LogP contribution in [-0.4, -0.2) is 29.6 Å². The highest BCUT2D eigenvalue weighted by atomic mass is 35.5. The standard InChI is InChI=1S/C25H28ClFN6O3/c1-13-8-29-17(22-14(2)9-30-24(32-22)25(4,5)35)7-19(13)33-15(3)6-20(21(26)23(33)34)36-11-18-16(27)10-28-12-31-18/h6,8-10,12,17,19,29,35H,7,11H2,1-5H3/t17-,19-/m1/s1. The molecule has 36 heavy (non-hydrogen) atoms. The van der Waals surface area contributed by atoms with Crippen LogP contribution in [0.5, 0.6) is 5.75 Å². The average molecular weight is 515 g/mol. The smallest absolute Gasteiger partial charge is 0.273 e. The van der Waals surface area contributed by atoms with Crippen molar-refractivity contribution in [3.63, 3.8) is 0 Å². The number of nitrogens with one attached hydrogen (secondary N) is 1. The Balaban J connectivity index is 1.65. The van der Waals surface area contributed by atoms with Gasteiger partial charge in [0.2, 0.25) is 0 Å². The number of hydrogen-bond donors (Lipinski definition) is 2. The van der Waals surface area contributed by atoms with E-state index in [1.807, 2.05) is 20.0 Å². The summed E-state index contributed by atoms with van der Waals surface area (Å²) in [7, 11) is 0. The van der Waals surface area contributed by atoms with Gasteiger partial charge in [0.15, 0.2) is 11.6 Å². The SMILES string of the molecule is CC1=CN[C@@H](c2nc(C(C)(C)O)ncc2C)C[C@H]1n1c(C)cc(OCc2ncncc2F)c(Cl)c1=O. The van der Waals surface area contributed by atoms with Crippen molar-refractivity contribution in [1.82, 2.24) is 29.8 Å². The largest absolute Gasteiger partial charge is 0.485 e. The summed E-state index contributed by atoms with van der Waals surface area (Å²) in [5.41, 5.74) is 1.66. The molecule has 0 amide bonds. The number of ether oxygens (including phenoxy) is 1. The lowest BCUT2D eigenvalue weighted by Gasteiger charge is -2.33. The van der Waals surface area contributed by atoms with Crippen LogP contribution >= 0.6 is 11.6 Å². The highest BCUT2D eigenvalue weighted by Crippen LogP contribution is 2.35. The number of hydrogen-bond acceptors (Lipinski definition) is 8. The Bertz CT molecular complexity index is 1390. The molecule has 3 aromatic heterocycles. The molecule has 2 atom stereocenters. The molecule has 1 aliphatic heterocycles. The number of rotatable bonds is 6. The second-order valence-electron chi connectivity index (χ2n) is 9.43. The molecule has 0 unspecified atom stereocenters. The number of aliphatic hydroxyl groups is 1. The predicted octanol–water partition coefficient (Wildman–Crippen LogP) is 3.82. The summed E-state index contributed by atoms with van der Waals surface area (Å²) < 4.78 is 21.1. The maximum Gasteiger partial charge on any atom is 0.273 e. The zero-order chi connectivity index (χ0) is 26.2. The molecular weight excluding hydrogens is 487 g/mol. The topological polar surface area (TPSA) is 115 Å². The minimum Gasteiger partial charge on any atom is -0.485 e. The Morgan fingerprint density at radius 3 is 2.72 bits per heavy atom. The molecule has 0 fully saturated rings. The van der Waals surface area contributed by atoms with Crippen LogP contribution in [-0.2, 0) is 12.2 Å². The van der Waals surface area contributed by atoms with E-state index in [1.165, 1.54) is 6.33 Å². The fourth-order valence-electron chi connectivity index (χ4n) is 4.18. The van der Waals surface area contributed by atoms with Crippen molar-refractivity contribution >= 4 is 11.6 Å². The van der Waals surface area contributed by atoms with Gasteiger partial charge >= 0.3 is 0 Å². The van der Waals surface area contributed by atoms with Crippen molar-refractivity contribution in [2.24, 2.45) is 0 Å². The number of pyridine rings is 1. The Morgan fingerprint density at radius 1 is 1.28 bits per heavy atom. The monoisotopic (exact) mass is 514 g/mol. The molecule has 190 valence electrons. The van der Waals surface area contributed by atoms with Crippen LogP contribution in [0.1, 0.15) is 67.7 Å². The van der Waals surface area contributed by atoms with Gasteiger partial charge in [0.25, 0.3) is 5.56 Å². The van der Waals surface area contributed by atoms with Crippen LogP contribution in [0.15, 0.2) is 41.4 Å². The summed E-state index contributed by atoms with van der Waals surface area (Å²) >= 11 is 6.42. The second kappa shape index (κ2) is 9.94. The molecule has 4 heterocycles. The first kappa shape index (κ1) is 25.7. The third-order valence-corrected chi connectivity index (χ3v) is 6.50. The van der Waals surface area contributed by atoms with Crippen LogP contribution in [0, 0.1) is 19.7 Å². The summed E-state index contributed by atoms with van der Waals surface area (Å²) in [5, 5.41) is 13.6. The van der Waals surface area contributed by atoms with Crippen LogP contribution in [0.25, 0.3) is 0 Å². The van der Waals surface area contributed by atoms with Crippen molar-refractivity contribution in [2.45, 2.75) is 65.3 Å². The molecule has 11 heteroatoms. The van der Waals surface area contributed by atoms with E-state index < -0.39 is 17.0 Å². The first-order valence-electron chi connectivity index (χ1n) is 11.4. The van der Waals surface area contributed by atoms with E-state index in [0.29, 0.717) is 17.9 Å². The van der Waals surface area contributed by atoms with Gasteiger partial charge in [-0.15, -0.1) is 0 Å². The van der Waals surface area contributed by atoms with Gasteiger partial charge in [-0.25, -0.2) is 24.3 Å². The van der Waals surface area contributed by atoms with Gasteiger partial charge in [0.1, 0.15) is 35.0 Å². The second-order valence-corrected chi connectivity index (χ2v) is 9.80. The van der Waals surface area contributed by atoms with Crippen molar-refractivity contribution in [3.8, 4) is 5.75 Å². The maximum absolute atomic E-state index is 13.9. The summed E-state index contributed by atoms with van der Waals surface area (Å²) in [6.07, 6.45) is 6.35. The summed E-state index contributed by atoms with van der Waals surface area (Å²) in [6, 6.07) is 1.15. The Hall–Kier alpha value is -3.37. The number of nitrogens with zero attached hydrogens (tertiary/aromatic N) is 5. The number of aryl methyl sites for hydroxylation is 2. The molecular formula is C25H28ClFN6O3. The third-order valence-electron chi connectivity index (χ3n) is 6.15. The number of aromatic nitrogens is 5. The first-order valence-corrected chi connectivity index (χ1v) is 11.8. The fraction of sp³-hybridized carbons (Fsp3) is 0.400. The molecule has 0 aromatic carbocycles. The van der Waals surface area contributed by atoms with E-state index in [-0.39, 0.29) is 35.2 Å². The lowest BCUT2D eigenvalue weighted by atomic mass is 9.93. The van der Waals surface area contributed by atoms with Crippen molar-refractivity contribution in [1.29, 1.82) is 0 Å². The van der Waals surface area contributed by atoms with E-state index in [1.54, 1.807) is 37.6 Å². The fourth-order valence-corrected chi connectivity index (χ4v) is 4.38. The van der Waals surface area contributed by atoms with Gasteiger partial charge in [-0.1, -0.05) is 11.6 Å². The first-order chi connectivity index (χ1) is 17.0. The lowest BCUT2D eigenvalue weighted by molar-refractivity contribution is 0.0682. The van der Waals surface area contributed by atoms with E-state index in [2.05, 4.69) is 25.3 Å². The molecule has 0 saturated heterocycles. The molecule has 0 spiro atoms. The zero-order valence-corrected chi connectivity index (χ0v) is 21.5. The van der Waals surface area contributed by atoms with E-state index in [4.69, 9.17) is 16.3 Å². The highest BCUT2D eigenvalue weighted by molar-refractivity contribution is 6.31. The van der Waals surface area contributed by atoms with Gasteiger partial charge in [-0.05, 0) is 58.4 Å². The van der Waals surface area contributed by atoms with Gasteiger partial charge in [-0.3, -0.25) is 4.79 Å². The van der Waals surface area contributed by atoms with Crippen LogP contribution in [0.4, 0.5) is 4.39 Å². The highest BCUT2D eigenvalue weighted by Gasteiger charge is 2.30. The quantitative estimate of drug-likeness (QED) is 0.510. The Morgan fingerprint density at radius 2 is 2.03 bits per heavy atom. The molecule has 1 aliphatic rings. The summed E-state index contributed by atoms with van der Waals surface area (Å²) in [4.78, 5) is 29.7. The summed E-state index contributed by atoms with van der Waals surface area (Å²) in [5.74, 6) is -0.124.